The highest BCUT2D eigenvalue weighted by Crippen LogP contribution is 2.36. The second-order valence-corrected chi connectivity index (χ2v) is 10.2. The maximum absolute atomic E-state index is 14.0. The average Bonchev–Trinajstić information content (AvgIpc) is 3.11. The van der Waals surface area contributed by atoms with Gasteiger partial charge in [-0.15, -0.1) is 12.8 Å². The van der Waals surface area contributed by atoms with Crippen LogP contribution in [0.5, 0.6) is 0 Å². The molecule has 254 valence electrons. The molecule has 0 aromatic heterocycles. The van der Waals surface area contributed by atoms with Crippen molar-refractivity contribution in [1.29, 1.82) is 0 Å². The maximum Gasteiger partial charge on any atom is 0.330 e. The number of allylic oxidation sites excluding steroid dienone is 1. The molecular formula is C37H55FN4O4. The van der Waals surface area contributed by atoms with Crippen LogP contribution in [0.25, 0.3) is 0 Å². The number of halogens is 1. The van der Waals surface area contributed by atoms with Crippen molar-refractivity contribution in [3.8, 4) is 12.8 Å². The first-order chi connectivity index (χ1) is 22.3. The Morgan fingerprint density at radius 1 is 0.957 bits per heavy atom. The third-order valence-corrected chi connectivity index (χ3v) is 7.62. The van der Waals surface area contributed by atoms with Crippen LogP contribution in [0.15, 0.2) is 59.8 Å². The molecule has 8 nitrogen and oxygen atoms in total. The Morgan fingerprint density at radius 2 is 1.54 bits per heavy atom. The van der Waals surface area contributed by atoms with E-state index in [0.29, 0.717) is 53.9 Å². The summed E-state index contributed by atoms with van der Waals surface area (Å²) in [6.07, 6.45) is 12.8. The smallest absolute Gasteiger partial charge is 0.330 e. The van der Waals surface area contributed by atoms with E-state index < -0.39 is 23.9 Å². The molecule has 1 unspecified atom stereocenters. The minimum absolute atomic E-state index is 0.251. The number of nitrogens with one attached hydrogen (secondary N) is 3. The Bertz CT molecular complexity index is 1250. The molecule has 1 aliphatic carbocycles. The fourth-order valence-electron chi connectivity index (χ4n) is 5.60. The topological polar surface area (TPSA) is 111 Å². The molecule has 9 heteroatoms. The zero-order valence-corrected chi connectivity index (χ0v) is 29.0. The van der Waals surface area contributed by atoms with Crippen molar-refractivity contribution in [3.05, 3.63) is 82.3 Å². The Hall–Kier alpha value is -4.00. The molecule has 4 N–H and O–H groups in total. The van der Waals surface area contributed by atoms with E-state index in [9.17, 15) is 18.8 Å². The number of aryl methyl sites for hydroxylation is 1. The molecule has 0 spiro atoms. The first kappa shape index (κ1) is 42.0. The normalized spacial score (nSPS) is 18.4. The van der Waals surface area contributed by atoms with Gasteiger partial charge >= 0.3 is 12.1 Å². The highest BCUT2D eigenvalue weighted by molar-refractivity contribution is 6.03. The second-order valence-electron chi connectivity index (χ2n) is 10.2. The Kier molecular flexibility index (Phi) is 21.3. The summed E-state index contributed by atoms with van der Waals surface area (Å²) < 4.78 is 14.0. The summed E-state index contributed by atoms with van der Waals surface area (Å²) in [5.41, 5.74) is 3.10. The quantitative estimate of drug-likeness (QED) is 0.178. The lowest BCUT2D eigenvalue weighted by atomic mass is 9.82. The van der Waals surface area contributed by atoms with Gasteiger partial charge in [-0.3, -0.25) is 4.79 Å². The molecule has 1 aliphatic heterocycles. The number of ketones is 1. The largest absolute Gasteiger partial charge is 0.400 e. The van der Waals surface area contributed by atoms with Gasteiger partial charge in [0.15, 0.2) is 5.78 Å². The molecule has 4 rings (SSSR count). The number of aliphatic hydroxyl groups excluding tert-OH is 1. The molecule has 1 fully saturated rings. The Morgan fingerprint density at radius 3 is 2.07 bits per heavy atom. The van der Waals surface area contributed by atoms with Crippen LogP contribution in [-0.4, -0.2) is 54.1 Å². The van der Waals surface area contributed by atoms with Crippen molar-refractivity contribution in [1.82, 2.24) is 20.9 Å². The SMILES string of the molecule is C#C.CC.CC.CCC1=C(C(C)=O)C(c2ccc(F)c(C)c2)N(C(=O)NCCNC2CCC(c3ccccc3)CC2)C(=O)N1.CO. The Labute approximate surface area is 276 Å². The number of benzene rings is 2. The van der Waals surface area contributed by atoms with Gasteiger partial charge in [-0.05, 0) is 74.6 Å². The van der Waals surface area contributed by atoms with Gasteiger partial charge in [-0.1, -0.05) is 77.1 Å². The van der Waals surface area contributed by atoms with Crippen molar-refractivity contribution >= 4 is 17.8 Å². The molecule has 46 heavy (non-hydrogen) atoms. The number of urea groups is 2. The zero-order chi connectivity index (χ0) is 35.2. The first-order valence-electron chi connectivity index (χ1n) is 16.2. The van der Waals surface area contributed by atoms with Crippen molar-refractivity contribution < 1.29 is 23.9 Å². The van der Waals surface area contributed by atoms with Gasteiger partial charge in [0.05, 0.1) is 6.04 Å². The zero-order valence-electron chi connectivity index (χ0n) is 29.0. The highest BCUT2D eigenvalue weighted by atomic mass is 19.1. The summed E-state index contributed by atoms with van der Waals surface area (Å²) in [4.78, 5) is 40.0. The summed E-state index contributed by atoms with van der Waals surface area (Å²) in [5, 5.41) is 16.1. The van der Waals surface area contributed by atoms with Gasteiger partial charge in [0, 0.05) is 37.5 Å². The third-order valence-electron chi connectivity index (χ3n) is 7.62. The van der Waals surface area contributed by atoms with Gasteiger partial charge in [-0.25, -0.2) is 18.9 Å². The summed E-state index contributed by atoms with van der Waals surface area (Å²) >= 11 is 0. The van der Waals surface area contributed by atoms with Gasteiger partial charge in [0.25, 0.3) is 0 Å². The van der Waals surface area contributed by atoms with Crippen LogP contribution in [0, 0.1) is 25.6 Å². The third kappa shape index (κ3) is 11.7. The number of hydrogen-bond acceptors (Lipinski definition) is 5. The summed E-state index contributed by atoms with van der Waals surface area (Å²) in [5.74, 6) is -0.0486. The predicted octanol–water partition coefficient (Wildman–Crippen LogP) is 7.39. The molecule has 4 amide bonds. The van der Waals surface area contributed by atoms with Gasteiger partial charge in [-0.2, -0.15) is 0 Å². The van der Waals surface area contributed by atoms with E-state index in [-0.39, 0.29) is 5.78 Å². The van der Waals surface area contributed by atoms with E-state index in [0.717, 1.165) is 37.7 Å². The minimum Gasteiger partial charge on any atom is -0.400 e. The molecule has 0 radical (unpaired) electrons. The molecular weight excluding hydrogens is 583 g/mol. The fourth-order valence-corrected chi connectivity index (χ4v) is 5.60. The van der Waals surface area contributed by atoms with Crippen molar-refractivity contribution in [2.24, 2.45) is 0 Å². The fraction of sp³-hybridized carbons (Fsp3) is 0.486. The van der Waals surface area contributed by atoms with Crippen LogP contribution in [0.2, 0.25) is 0 Å². The monoisotopic (exact) mass is 638 g/mol. The molecule has 0 saturated heterocycles. The van der Waals surface area contributed by atoms with E-state index >= 15 is 0 Å². The lowest BCUT2D eigenvalue weighted by Crippen LogP contribution is -2.55. The number of rotatable bonds is 8. The van der Waals surface area contributed by atoms with Gasteiger partial charge < -0.3 is 21.1 Å². The van der Waals surface area contributed by atoms with E-state index in [1.54, 1.807) is 13.0 Å². The van der Waals surface area contributed by atoms with Crippen molar-refractivity contribution in [2.45, 2.75) is 98.6 Å². The van der Waals surface area contributed by atoms with Crippen molar-refractivity contribution in [2.75, 3.05) is 20.2 Å². The summed E-state index contributed by atoms with van der Waals surface area (Å²) in [7, 11) is 1.00. The van der Waals surface area contributed by atoms with Crippen LogP contribution in [-0.2, 0) is 4.79 Å². The van der Waals surface area contributed by atoms with Crippen LogP contribution >= 0.6 is 0 Å². The van der Waals surface area contributed by atoms with Crippen molar-refractivity contribution in [3.63, 3.8) is 0 Å². The molecule has 2 aromatic rings. The number of terminal acetylenes is 1. The van der Waals surface area contributed by atoms with Gasteiger partial charge in [0.2, 0.25) is 0 Å². The standard InChI is InChI=1S/C30H37FN4O3.2C2H6.C2H2.CH4O/c1-4-26-27(20(3)36)28(23-12-15-25(31)19(2)18-23)35(30(38)34-26)29(37)33-17-16-32-24-13-10-22(11-14-24)21-8-6-5-7-9-21;4*1-2/h5-9,12,15,18,22,24,28,32H,4,10-11,13-14,16-17H2,1-3H3,(H,33,37)(H,34,38);2*1-2H3;1-2H;2H,1H3. The van der Waals surface area contributed by atoms with E-state index in [1.165, 1.54) is 24.6 Å². The number of imide groups is 1. The van der Waals surface area contributed by atoms with E-state index in [4.69, 9.17) is 5.11 Å². The van der Waals surface area contributed by atoms with Crippen LogP contribution < -0.4 is 16.0 Å². The number of carbonyl (C=O) groups excluding carboxylic acids is 3. The number of nitrogens with zero attached hydrogens (tertiary/aromatic N) is 1. The van der Waals surface area contributed by atoms with Crippen LogP contribution in [0.3, 0.4) is 0 Å². The number of hydrogen-bond donors (Lipinski definition) is 4. The number of carbonyl (C=O) groups is 3. The van der Waals surface area contributed by atoms with Crippen LogP contribution in [0.4, 0.5) is 14.0 Å². The molecule has 1 atom stereocenters. The molecule has 2 aromatic carbocycles. The summed E-state index contributed by atoms with van der Waals surface area (Å²) in [6, 6.07) is 13.3. The Balaban J connectivity index is 0.00000235. The minimum atomic E-state index is -0.934. The number of aliphatic hydroxyl groups is 1. The predicted molar refractivity (Wildman–Crippen MR) is 186 cm³/mol. The van der Waals surface area contributed by atoms with Gasteiger partial charge in [0.1, 0.15) is 5.82 Å². The lowest BCUT2D eigenvalue weighted by Gasteiger charge is -2.37. The molecule has 1 saturated carbocycles. The molecule has 1 heterocycles. The second kappa shape index (κ2) is 23.4. The lowest BCUT2D eigenvalue weighted by molar-refractivity contribution is -0.114. The van der Waals surface area contributed by atoms with E-state index in [2.05, 4.69) is 53.1 Å². The molecule has 2 aliphatic rings. The average molecular weight is 639 g/mol. The number of amides is 4. The summed E-state index contributed by atoms with van der Waals surface area (Å²) in [6.45, 7) is 13.8. The molecule has 0 bridgehead atoms. The van der Waals surface area contributed by atoms with E-state index in [1.807, 2.05) is 40.7 Å². The maximum atomic E-state index is 14.0. The highest BCUT2D eigenvalue weighted by Gasteiger charge is 2.40. The first-order valence-corrected chi connectivity index (χ1v) is 16.2. The number of Topliss-reactive ketones (excluding diaryl/α,β-unsaturated/α-hetero) is 1. The van der Waals surface area contributed by atoms with Crippen LogP contribution in [0.1, 0.15) is 102 Å².